The molecule has 58 heavy (non-hydrogen) atoms. The van der Waals surface area contributed by atoms with Gasteiger partial charge in [-0.15, -0.1) is 0 Å². The minimum absolute atomic E-state index is 0.754. The van der Waals surface area contributed by atoms with Crippen LogP contribution < -0.4 is 4.90 Å². The summed E-state index contributed by atoms with van der Waals surface area (Å²) in [6, 6.07) is 48.2. The predicted octanol–water partition coefficient (Wildman–Crippen LogP) is 15.8. The van der Waals surface area contributed by atoms with Gasteiger partial charge in [0.1, 0.15) is 0 Å². The Bertz CT molecular complexity index is 2330. The second-order valence-corrected chi connectivity index (χ2v) is 18.3. The predicted molar refractivity (Wildman–Crippen MR) is 245 cm³/mol. The fourth-order valence-corrected chi connectivity index (χ4v) is 12.5. The second kappa shape index (κ2) is 14.0. The number of anilines is 3. The van der Waals surface area contributed by atoms with Gasteiger partial charge in [-0.3, -0.25) is 0 Å². The number of hydrogen-bond donors (Lipinski definition) is 0. The van der Waals surface area contributed by atoms with Crippen LogP contribution >= 0.6 is 0 Å². The first-order valence-electron chi connectivity index (χ1n) is 22.2. The topological polar surface area (TPSA) is 3.24 Å². The van der Waals surface area contributed by atoms with E-state index in [0.717, 1.165) is 52.6 Å². The SMILES string of the molecule is C(=C\c1cccc2c1C1CCC2C1)/c1ccc(N(c2ccc(/C=C/c3cccc4c3C3CCC4C3)cc2)c2ccc(/C=C/c3cccc4c3C3CCC4C3)cc2)cc1. The molecule has 6 aliphatic rings. The van der Waals surface area contributed by atoms with Crippen molar-refractivity contribution in [1.29, 1.82) is 0 Å². The van der Waals surface area contributed by atoms with E-state index in [2.05, 4.69) is 169 Å². The lowest BCUT2D eigenvalue weighted by atomic mass is 9.88. The Morgan fingerprint density at radius 3 is 0.914 bits per heavy atom. The zero-order valence-electron chi connectivity index (χ0n) is 33.4. The number of fused-ring (bicyclic) bond motifs is 15. The van der Waals surface area contributed by atoms with Crippen LogP contribution in [0.15, 0.2) is 127 Å². The van der Waals surface area contributed by atoms with Crippen molar-refractivity contribution in [2.24, 2.45) is 0 Å². The molecule has 1 nitrogen and oxygen atoms in total. The average Bonchev–Trinajstić information content (AvgIpc) is 4.16. The fraction of sp³-hybridized carbons (Fsp3) is 0.263. The van der Waals surface area contributed by atoms with E-state index in [9.17, 15) is 0 Å². The van der Waals surface area contributed by atoms with Gasteiger partial charge in [-0.2, -0.15) is 0 Å². The summed E-state index contributed by atoms with van der Waals surface area (Å²) in [7, 11) is 0. The van der Waals surface area contributed by atoms with Gasteiger partial charge in [0.25, 0.3) is 0 Å². The van der Waals surface area contributed by atoms with Crippen molar-refractivity contribution < 1.29 is 0 Å². The van der Waals surface area contributed by atoms with Crippen molar-refractivity contribution in [1.82, 2.24) is 0 Å². The molecule has 284 valence electrons. The molecule has 0 radical (unpaired) electrons. The van der Waals surface area contributed by atoms with E-state index in [1.165, 1.54) is 91.2 Å². The first-order chi connectivity index (χ1) is 28.7. The molecule has 0 saturated heterocycles. The summed E-state index contributed by atoms with van der Waals surface area (Å²) >= 11 is 0. The van der Waals surface area contributed by atoms with E-state index in [1.807, 2.05) is 0 Å². The summed E-state index contributed by atoms with van der Waals surface area (Å²) in [6.45, 7) is 0. The van der Waals surface area contributed by atoms with Gasteiger partial charge in [-0.1, -0.05) is 127 Å². The third kappa shape index (κ3) is 5.88. The fourth-order valence-electron chi connectivity index (χ4n) is 12.5. The monoisotopic (exact) mass is 749 g/mol. The summed E-state index contributed by atoms with van der Waals surface area (Å²) in [5, 5.41) is 0. The molecule has 6 aromatic rings. The molecule has 6 aliphatic carbocycles. The van der Waals surface area contributed by atoms with Crippen LogP contribution in [-0.2, 0) is 0 Å². The third-order valence-electron chi connectivity index (χ3n) is 15.2. The molecule has 0 heterocycles. The molecular formula is C57H51N. The lowest BCUT2D eigenvalue weighted by Crippen LogP contribution is -2.09. The number of rotatable bonds is 9. The van der Waals surface area contributed by atoms with Crippen LogP contribution in [0.1, 0.15) is 160 Å². The van der Waals surface area contributed by atoms with Crippen LogP contribution in [0.2, 0.25) is 0 Å². The molecule has 3 saturated carbocycles. The van der Waals surface area contributed by atoms with E-state index in [0.29, 0.717) is 0 Å². The lowest BCUT2D eigenvalue weighted by Gasteiger charge is -2.26. The lowest BCUT2D eigenvalue weighted by molar-refractivity contribution is 0.716. The first-order valence-corrected chi connectivity index (χ1v) is 22.2. The zero-order chi connectivity index (χ0) is 38.2. The molecule has 1 heteroatoms. The highest BCUT2D eigenvalue weighted by atomic mass is 15.1. The molecule has 6 bridgehead atoms. The number of benzene rings is 6. The first kappa shape index (κ1) is 34.4. The smallest absolute Gasteiger partial charge is 0.0462 e. The van der Waals surface area contributed by atoms with E-state index < -0.39 is 0 Å². The maximum Gasteiger partial charge on any atom is 0.0462 e. The van der Waals surface area contributed by atoms with Crippen molar-refractivity contribution in [2.75, 3.05) is 4.90 Å². The van der Waals surface area contributed by atoms with Crippen molar-refractivity contribution in [2.45, 2.75) is 93.3 Å². The Kier molecular flexibility index (Phi) is 8.31. The minimum Gasteiger partial charge on any atom is -0.311 e. The Labute approximate surface area is 344 Å². The molecule has 0 aromatic heterocycles. The van der Waals surface area contributed by atoms with Crippen LogP contribution in [-0.4, -0.2) is 0 Å². The number of nitrogens with zero attached hydrogens (tertiary/aromatic N) is 1. The maximum absolute atomic E-state index is 2.40. The molecule has 6 aromatic carbocycles. The van der Waals surface area contributed by atoms with Gasteiger partial charge >= 0.3 is 0 Å². The molecule has 6 atom stereocenters. The molecule has 0 N–H and O–H groups in total. The maximum atomic E-state index is 2.40. The van der Waals surface area contributed by atoms with Gasteiger partial charge in [0.05, 0.1) is 0 Å². The highest BCUT2D eigenvalue weighted by molar-refractivity contribution is 5.82. The third-order valence-corrected chi connectivity index (χ3v) is 15.2. The zero-order valence-corrected chi connectivity index (χ0v) is 33.4. The highest BCUT2D eigenvalue weighted by Gasteiger charge is 2.39. The second-order valence-electron chi connectivity index (χ2n) is 18.3. The summed E-state index contributed by atoms with van der Waals surface area (Å²) < 4.78 is 0. The Morgan fingerprint density at radius 2 is 0.603 bits per heavy atom. The van der Waals surface area contributed by atoms with Gasteiger partial charge < -0.3 is 4.90 Å². The summed E-state index contributed by atoms with van der Waals surface area (Å²) in [4.78, 5) is 2.40. The van der Waals surface area contributed by atoms with Crippen LogP contribution in [0.5, 0.6) is 0 Å². The summed E-state index contributed by atoms with van der Waals surface area (Å²) in [5.74, 6) is 4.62. The number of hydrogen-bond acceptors (Lipinski definition) is 1. The largest absolute Gasteiger partial charge is 0.311 e. The van der Waals surface area contributed by atoms with Gasteiger partial charge in [0.2, 0.25) is 0 Å². The van der Waals surface area contributed by atoms with Crippen molar-refractivity contribution in [3.63, 3.8) is 0 Å². The Hall–Kier alpha value is -5.66. The van der Waals surface area contributed by atoms with Gasteiger partial charge in [-0.05, 0) is 196 Å². The van der Waals surface area contributed by atoms with Crippen molar-refractivity contribution >= 4 is 53.5 Å². The minimum atomic E-state index is 0.754. The standard InChI is InChI=1S/C57H51N/c1-4-40(55-46-25-22-43(34-46)52(55)7-1)19-10-37-13-28-49(29-14-37)58(50-30-15-38(16-31-50)11-20-41-5-2-8-53-44-23-26-47(35-44)56(41)53)51-32-17-39(18-33-51)12-21-42-6-3-9-54-45-24-27-48(36-45)57(42)54/h1-21,28-33,43-48H,22-27,34-36H2/b19-10+,20-11+,21-12+. The van der Waals surface area contributed by atoms with E-state index in [4.69, 9.17) is 0 Å². The van der Waals surface area contributed by atoms with Gasteiger partial charge in [0.15, 0.2) is 0 Å². The van der Waals surface area contributed by atoms with Crippen LogP contribution in [0.25, 0.3) is 36.5 Å². The molecule has 0 spiro atoms. The summed E-state index contributed by atoms with van der Waals surface area (Å²) in [6.07, 6.45) is 26.2. The molecular weight excluding hydrogens is 699 g/mol. The van der Waals surface area contributed by atoms with Crippen LogP contribution in [0.3, 0.4) is 0 Å². The van der Waals surface area contributed by atoms with Crippen molar-refractivity contribution in [3.05, 3.63) is 194 Å². The quantitative estimate of drug-likeness (QED) is 0.133. The van der Waals surface area contributed by atoms with Gasteiger partial charge in [0, 0.05) is 17.1 Å². The van der Waals surface area contributed by atoms with Crippen molar-refractivity contribution in [3.8, 4) is 0 Å². The van der Waals surface area contributed by atoms with Crippen LogP contribution in [0, 0.1) is 0 Å². The Morgan fingerprint density at radius 1 is 0.310 bits per heavy atom. The van der Waals surface area contributed by atoms with Gasteiger partial charge in [-0.25, -0.2) is 0 Å². The van der Waals surface area contributed by atoms with E-state index in [-0.39, 0.29) is 0 Å². The van der Waals surface area contributed by atoms with Crippen LogP contribution in [0.4, 0.5) is 17.1 Å². The average molecular weight is 750 g/mol. The molecule has 6 unspecified atom stereocenters. The molecule has 0 amide bonds. The highest BCUT2D eigenvalue weighted by Crippen LogP contribution is 2.56. The molecule has 0 aliphatic heterocycles. The molecule has 3 fully saturated rings. The molecule has 12 rings (SSSR count). The van der Waals surface area contributed by atoms with E-state index >= 15 is 0 Å². The Balaban J connectivity index is 0.835. The van der Waals surface area contributed by atoms with E-state index in [1.54, 1.807) is 33.4 Å². The normalized spacial score (nSPS) is 24.4. The summed E-state index contributed by atoms with van der Waals surface area (Å²) in [5.41, 5.74) is 21.1.